The monoisotopic (exact) mass is 800 g/mol. The van der Waals surface area contributed by atoms with E-state index in [-0.39, 0.29) is 39.2 Å². The highest BCUT2D eigenvalue weighted by atomic mass is 35.5. The fourth-order valence-corrected chi connectivity index (χ4v) is 8.49. The average molecular weight is 803 g/mol. The number of rotatable bonds is 6. The molecule has 0 bridgehead atoms. The summed E-state index contributed by atoms with van der Waals surface area (Å²) in [7, 11) is -3.49. The summed E-state index contributed by atoms with van der Waals surface area (Å²) < 4.78 is 35.7. The van der Waals surface area contributed by atoms with Gasteiger partial charge in [-0.1, -0.05) is 23.2 Å². The van der Waals surface area contributed by atoms with Crippen LogP contribution in [0.25, 0.3) is 0 Å². The standard InChI is InChI=1S/C16H23ClN2O4S.C16H23ClN2O2S.CH2Cl2/c1-16(2,3)23-15(20)19-9-6-12(7-10-19)11-24(21,22)13-5-4-8-18-14(13)17;1-16(2,3)21-15(20)19-9-6-12(7-10-19)11-22-13-5-4-8-18-14(13)17;2-1-3/h4-5,8,12H,6-7,9-11H2,1-3H3;4-5,8,12H,6-7,9-11H2,1-3H3;1H2. The topological polar surface area (TPSA) is 119 Å². The van der Waals surface area contributed by atoms with E-state index in [1.54, 1.807) is 28.9 Å². The first-order valence-corrected chi connectivity index (χ1v) is 20.5. The van der Waals surface area contributed by atoms with Crippen molar-refractivity contribution in [3.8, 4) is 0 Å². The molecule has 2 amide bonds. The van der Waals surface area contributed by atoms with Gasteiger partial charge in [0.2, 0.25) is 0 Å². The Kier molecular flexibility index (Phi) is 18.1. The molecule has 10 nitrogen and oxygen atoms in total. The zero-order valence-corrected chi connectivity index (χ0v) is 33.6. The van der Waals surface area contributed by atoms with Crippen molar-refractivity contribution in [2.45, 2.75) is 88.2 Å². The zero-order valence-electron chi connectivity index (χ0n) is 29.0. The van der Waals surface area contributed by atoms with Crippen molar-refractivity contribution in [1.82, 2.24) is 19.8 Å². The van der Waals surface area contributed by atoms with Gasteiger partial charge in [0.1, 0.15) is 26.4 Å². The van der Waals surface area contributed by atoms with Gasteiger partial charge in [0.05, 0.1) is 11.1 Å². The predicted molar refractivity (Wildman–Crippen MR) is 199 cm³/mol. The number of ether oxygens (including phenoxy) is 2. The number of hydrogen-bond acceptors (Lipinski definition) is 9. The summed E-state index contributed by atoms with van der Waals surface area (Å²) in [6, 6.07) is 6.93. The number of amides is 2. The number of hydrogen-bond donors (Lipinski definition) is 0. The van der Waals surface area contributed by atoms with Crippen LogP contribution in [0.5, 0.6) is 0 Å². The van der Waals surface area contributed by atoms with Crippen LogP contribution in [-0.4, -0.2) is 94.6 Å². The molecule has 276 valence electrons. The SMILES string of the molecule is CC(C)(C)OC(=O)N1CCC(CS(=O)(=O)c2cccnc2Cl)CC1.CC(C)(C)OC(=O)N1CCC(CSc2cccnc2Cl)CC1.ClCCl. The van der Waals surface area contributed by atoms with Crippen molar-refractivity contribution in [3.05, 3.63) is 47.0 Å². The molecule has 0 aromatic carbocycles. The van der Waals surface area contributed by atoms with Gasteiger partial charge >= 0.3 is 12.2 Å². The second kappa shape index (κ2) is 20.4. The molecule has 0 N–H and O–H groups in total. The van der Waals surface area contributed by atoms with Gasteiger partial charge in [-0.15, -0.1) is 35.0 Å². The Balaban J connectivity index is 0.000000316. The summed E-state index contributed by atoms with van der Waals surface area (Å²) in [6.45, 7) is 13.7. The summed E-state index contributed by atoms with van der Waals surface area (Å²) in [4.78, 5) is 36.5. The normalized spacial score (nSPS) is 16.1. The van der Waals surface area contributed by atoms with E-state index >= 15 is 0 Å². The molecule has 16 heteroatoms. The first-order chi connectivity index (χ1) is 22.8. The van der Waals surface area contributed by atoms with Gasteiger partial charge in [0.25, 0.3) is 0 Å². The van der Waals surface area contributed by atoms with E-state index < -0.39 is 21.0 Å². The van der Waals surface area contributed by atoms with Crippen LogP contribution in [0.4, 0.5) is 9.59 Å². The number of aromatic nitrogens is 2. The molecule has 2 aliphatic heterocycles. The molecule has 2 aromatic rings. The number of sulfone groups is 1. The number of pyridine rings is 2. The molecule has 0 spiro atoms. The Morgan fingerprint density at radius 3 is 1.65 bits per heavy atom. The summed E-state index contributed by atoms with van der Waals surface area (Å²) in [5.41, 5.74) is -0.963. The fraction of sp³-hybridized carbons (Fsp3) is 0.636. The molecule has 2 fully saturated rings. The minimum Gasteiger partial charge on any atom is -0.444 e. The van der Waals surface area contributed by atoms with E-state index in [9.17, 15) is 18.0 Å². The maximum Gasteiger partial charge on any atom is 0.410 e. The molecule has 0 unspecified atom stereocenters. The molecular formula is C33H48Cl4N4O6S2. The van der Waals surface area contributed by atoms with Crippen LogP contribution in [0.15, 0.2) is 46.5 Å². The highest BCUT2D eigenvalue weighted by Gasteiger charge is 2.31. The van der Waals surface area contributed by atoms with Crippen molar-refractivity contribution in [2.24, 2.45) is 11.8 Å². The molecule has 49 heavy (non-hydrogen) atoms. The Hall–Kier alpha value is -1.70. The molecule has 0 radical (unpaired) electrons. The third-order valence-corrected chi connectivity index (χ3v) is 11.3. The van der Waals surface area contributed by atoms with Crippen LogP contribution in [0.3, 0.4) is 0 Å². The molecule has 4 rings (SSSR count). The Bertz CT molecular complexity index is 1440. The molecular weight excluding hydrogens is 754 g/mol. The summed E-state index contributed by atoms with van der Waals surface area (Å²) >= 11 is 23.2. The second-order valence-electron chi connectivity index (χ2n) is 13.6. The molecule has 2 aliphatic rings. The van der Waals surface area contributed by atoms with Gasteiger partial charge in [-0.25, -0.2) is 28.0 Å². The lowest BCUT2D eigenvalue weighted by Crippen LogP contribution is -2.42. The lowest BCUT2D eigenvalue weighted by molar-refractivity contribution is 0.0180. The van der Waals surface area contributed by atoms with Crippen molar-refractivity contribution in [1.29, 1.82) is 0 Å². The molecule has 0 atom stereocenters. The smallest absolute Gasteiger partial charge is 0.410 e. The number of thioether (sulfide) groups is 1. The maximum absolute atomic E-state index is 12.5. The van der Waals surface area contributed by atoms with Crippen LogP contribution in [0.2, 0.25) is 10.3 Å². The van der Waals surface area contributed by atoms with E-state index in [1.807, 2.05) is 58.6 Å². The zero-order chi connectivity index (χ0) is 36.8. The van der Waals surface area contributed by atoms with Crippen LogP contribution in [-0.2, 0) is 19.3 Å². The minimum atomic E-state index is -3.49. The number of alkyl halides is 2. The molecule has 0 aliphatic carbocycles. The summed E-state index contributed by atoms with van der Waals surface area (Å²) in [6.07, 6.45) is 5.86. The average Bonchev–Trinajstić information content (AvgIpc) is 3.00. The Morgan fingerprint density at radius 1 is 0.796 bits per heavy atom. The van der Waals surface area contributed by atoms with E-state index in [2.05, 4.69) is 9.97 Å². The van der Waals surface area contributed by atoms with Crippen LogP contribution >= 0.6 is 58.2 Å². The van der Waals surface area contributed by atoms with Crippen molar-refractivity contribution in [2.75, 3.05) is 43.0 Å². The van der Waals surface area contributed by atoms with E-state index in [1.165, 1.54) is 12.3 Å². The third-order valence-electron chi connectivity index (χ3n) is 7.25. The quantitative estimate of drug-likeness (QED) is 0.160. The lowest BCUT2D eigenvalue weighted by Gasteiger charge is -2.33. The number of piperidine rings is 2. The largest absolute Gasteiger partial charge is 0.444 e. The van der Waals surface area contributed by atoms with Crippen LogP contribution in [0, 0.1) is 11.8 Å². The highest BCUT2D eigenvalue weighted by Crippen LogP contribution is 2.30. The van der Waals surface area contributed by atoms with Gasteiger partial charge in [-0.05, 0) is 103 Å². The Labute approximate surface area is 315 Å². The molecule has 0 saturated carbocycles. The number of carbonyl (C=O) groups is 2. The van der Waals surface area contributed by atoms with Crippen molar-refractivity contribution >= 4 is 80.2 Å². The molecule has 2 aromatic heterocycles. The summed E-state index contributed by atoms with van der Waals surface area (Å²) in [5, 5.41) is 0.766. The number of halogens is 4. The number of carbonyl (C=O) groups excluding carboxylic acids is 2. The van der Waals surface area contributed by atoms with Crippen molar-refractivity contribution in [3.63, 3.8) is 0 Å². The second-order valence-corrected chi connectivity index (χ2v) is 18.2. The molecule has 4 heterocycles. The number of likely N-dealkylation sites (tertiary alicyclic amines) is 2. The number of nitrogens with zero attached hydrogens (tertiary/aromatic N) is 4. The predicted octanol–water partition coefficient (Wildman–Crippen LogP) is 9.05. The van der Waals surface area contributed by atoms with Crippen LogP contribution in [0.1, 0.15) is 67.2 Å². The van der Waals surface area contributed by atoms with E-state index in [0.717, 1.165) is 36.6 Å². The summed E-state index contributed by atoms with van der Waals surface area (Å²) in [5.74, 6) is 1.61. The van der Waals surface area contributed by atoms with Gasteiger partial charge in [0.15, 0.2) is 9.84 Å². The van der Waals surface area contributed by atoms with E-state index in [0.29, 0.717) is 37.0 Å². The van der Waals surface area contributed by atoms with E-state index in [4.69, 9.17) is 55.9 Å². The minimum absolute atomic E-state index is 0.00342. The third kappa shape index (κ3) is 16.5. The molecule has 2 saturated heterocycles. The van der Waals surface area contributed by atoms with Crippen LogP contribution < -0.4 is 0 Å². The maximum atomic E-state index is 12.5. The van der Waals surface area contributed by atoms with Gasteiger partial charge in [-0.2, -0.15) is 0 Å². The first-order valence-electron chi connectivity index (χ1n) is 16.0. The Morgan fingerprint density at radius 2 is 1.22 bits per heavy atom. The van der Waals surface area contributed by atoms with Gasteiger partial charge in [0, 0.05) is 49.2 Å². The van der Waals surface area contributed by atoms with Gasteiger partial charge < -0.3 is 19.3 Å². The lowest BCUT2D eigenvalue weighted by atomic mass is 9.99. The fourth-order valence-electron chi connectivity index (χ4n) is 4.91. The highest BCUT2D eigenvalue weighted by molar-refractivity contribution is 7.99. The van der Waals surface area contributed by atoms with Crippen molar-refractivity contribution < 1.29 is 27.5 Å². The first kappa shape index (κ1) is 43.5. The van der Waals surface area contributed by atoms with Gasteiger partial charge in [-0.3, -0.25) is 0 Å².